The van der Waals surface area contributed by atoms with Crippen molar-refractivity contribution >= 4 is 45.2 Å². The third kappa shape index (κ3) is 1.97. The lowest BCUT2D eigenvalue weighted by Gasteiger charge is -2.05. The van der Waals surface area contributed by atoms with E-state index in [2.05, 4.69) is 45.2 Å². The number of nitrogens with two attached hydrogens (primary N) is 1. The Balaban J connectivity index is 3.29. The zero-order valence-electron chi connectivity index (χ0n) is 5.64. The molecule has 1 rings (SSSR count). The second-order valence-electron chi connectivity index (χ2n) is 2.06. The van der Waals surface area contributed by atoms with Gasteiger partial charge in [-0.05, 0) is 62.9 Å². The first-order valence-corrected chi connectivity index (χ1v) is 5.18. The molecule has 11 heavy (non-hydrogen) atoms. The van der Waals surface area contributed by atoms with E-state index >= 15 is 0 Å². The monoisotopic (exact) mass is 375 g/mol. The Bertz CT molecular complexity index is 275. The number of benzene rings is 1. The van der Waals surface area contributed by atoms with Crippen LogP contribution in [0.4, 0.5) is 0 Å². The average molecular weight is 375 g/mol. The fourth-order valence-electron chi connectivity index (χ4n) is 0.772. The maximum absolute atomic E-state index is 9.29. The number of hydrogen-bond donors (Lipinski definition) is 2. The Morgan fingerprint density at radius 1 is 1.36 bits per heavy atom. The highest BCUT2D eigenvalue weighted by molar-refractivity contribution is 14.1. The molecule has 0 spiro atoms. The summed E-state index contributed by atoms with van der Waals surface area (Å²) in [6, 6.07) is 3.54. The molecule has 0 aromatic heterocycles. The number of aromatic hydroxyl groups is 1. The Hall–Kier alpha value is 0.440. The summed E-state index contributed by atoms with van der Waals surface area (Å²) in [5.74, 6) is 0.312. The van der Waals surface area contributed by atoms with Gasteiger partial charge in [0.05, 0.1) is 3.57 Å². The number of halogens is 2. The molecule has 0 fully saturated rings. The van der Waals surface area contributed by atoms with Crippen molar-refractivity contribution < 1.29 is 5.11 Å². The van der Waals surface area contributed by atoms with Crippen LogP contribution >= 0.6 is 45.2 Å². The van der Waals surface area contributed by atoms with Crippen LogP contribution in [-0.2, 0) is 6.54 Å². The van der Waals surface area contributed by atoms with E-state index in [-0.39, 0.29) is 0 Å². The predicted molar refractivity (Wildman–Crippen MR) is 61.4 cm³/mol. The van der Waals surface area contributed by atoms with Crippen molar-refractivity contribution in [3.8, 4) is 5.75 Å². The van der Waals surface area contributed by atoms with Crippen LogP contribution in [0.15, 0.2) is 12.1 Å². The Morgan fingerprint density at radius 3 is 2.45 bits per heavy atom. The van der Waals surface area contributed by atoms with Crippen LogP contribution in [0, 0.1) is 7.14 Å². The molecule has 2 nitrogen and oxygen atoms in total. The maximum Gasteiger partial charge on any atom is 0.129 e. The molecule has 1 aromatic carbocycles. The van der Waals surface area contributed by atoms with Crippen LogP contribution in [0.1, 0.15) is 5.56 Å². The summed E-state index contributed by atoms with van der Waals surface area (Å²) in [6.45, 7) is 0.477. The standard InChI is InChI=1S/C7H7I2NO/c8-5-1-2-6(11)7(9)4(5)3-10/h1-2,11H,3,10H2. The lowest BCUT2D eigenvalue weighted by molar-refractivity contribution is 0.470. The molecule has 3 N–H and O–H groups in total. The summed E-state index contributed by atoms with van der Waals surface area (Å²) in [5.41, 5.74) is 6.52. The van der Waals surface area contributed by atoms with Gasteiger partial charge in [-0.25, -0.2) is 0 Å². The number of phenols is 1. The van der Waals surface area contributed by atoms with Gasteiger partial charge in [-0.2, -0.15) is 0 Å². The summed E-state index contributed by atoms with van der Waals surface area (Å²) in [6.07, 6.45) is 0. The van der Waals surface area contributed by atoms with Crippen LogP contribution in [0.3, 0.4) is 0 Å². The largest absolute Gasteiger partial charge is 0.507 e. The van der Waals surface area contributed by atoms with Gasteiger partial charge in [-0.15, -0.1) is 0 Å². The molecule has 0 aliphatic heterocycles. The lowest BCUT2D eigenvalue weighted by atomic mass is 10.2. The Kier molecular flexibility index (Phi) is 3.38. The topological polar surface area (TPSA) is 46.2 Å². The Labute approximate surface area is 92.5 Å². The van der Waals surface area contributed by atoms with E-state index in [0.29, 0.717) is 12.3 Å². The van der Waals surface area contributed by atoms with Crippen LogP contribution in [0.2, 0.25) is 0 Å². The van der Waals surface area contributed by atoms with Crippen LogP contribution < -0.4 is 5.73 Å². The molecule has 0 heterocycles. The lowest BCUT2D eigenvalue weighted by Crippen LogP contribution is -2.01. The molecule has 0 aliphatic carbocycles. The first-order chi connectivity index (χ1) is 5.16. The number of phenolic OH excluding ortho intramolecular Hbond substituents is 1. The van der Waals surface area contributed by atoms with E-state index in [1.165, 1.54) is 0 Å². The van der Waals surface area contributed by atoms with E-state index in [1.807, 2.05) is 6.07 Å². The summed E-state index contributed by atoms with van der Waals surface area (Å²) >= 11 is 4.30. The van der Waals surface area contributed by atoms with Gasteiger partial charge < -0.3 is 10.8 Å². The minimum Gasteiger partial charge on any atom is -0.507 e. The molecule has 0 bridgehead atoms. The van der Waals surface area contributed by atoms with Gasteiger partial charge in [0.2, 0.25) is 0 Å². The van der Waals surface area contributed by atoms with Gasteiger partial charge >= 0.3 is 0 Å². The molecule has 4 heteroatoms. The van der Waals surface area contributed by atoms with Crippen molar-refractivity contribution in [1.29, 1.82) is 0 Å². The normalized spacial score (nSPS) is 10.1. The molecule has 0 amide bonds. The third-order valence-electron chi connectivity index (χ3n) is 1.37. The molecule has 60 valence electrons. The second kappa shape index (κ2) is 3.90. The summed E-state index contributed by atoms with van der Waals surface area (Å²) < 4.78 is 1.96. The molecule has 0 aliphatic rings. The quantitative estimate of drug-likeness (QED) is 0.739. The zero-order valence-corrected chi connectivity index (χ0v) is 9.96. The number of hydrogen-bond acceptors (Lipinski definition) is 2. The smallest absolute Gasteiger partial charge is 0.129 e. The molecule has 0 saturated heterocycles. The minimum atomic E-state index is 0.312. The summed E-state index contributed by atoms with van der Waals surface area (Å²) in [7, 11) is 0. The van der Waals surface area contributed by atoms with Crippen molar-refractivity contribution in [3.05, 3.63) is 24.8 Å². The zero-order chi connectivity index (χ0) is 8.43. The van der Waals surface area contributed by atoms with Crippen molar-refractivity contribution in [2.24, 2.45) is 5.73 Å². The van der Waals surface area contributed by atoms with Gasteiger partial charge in [-0.3, -0.25) is 0 Å². The fourth-order valence-corrected chi connectivity index (χ4v) is 2.65. The van der Waals surface area contributed by atoms with E-state index < -0.39 is 0 Å². The molecule has 0 atom stereocenters. The van der Waals surface area contributed by atoms with Crippen molar-refractivity contribution in [3.63, 3.8) is 0 Å². The summed E-state index contributed by atoms with van der Waals surface area (Å²) in [5, 5.41) is 9.29. The average Bonchev–Trinajstić information content (AvgIpc) is 1.99. The molecule has 0 radical (unpaired) electrons. The van der Waals surface area contributed by atoms with Crippen LogP contribution in [-0.4, -0.2) is 5.11 Å². The second-order valence-corrected chi connectivity index (χ2v) is 4.30. The molecular formula is C7H7I2NO. The number of rotatable bonds is 1. The van der Waals surface area contributed by atoms with Crippen molar-refractivity contribution in [1.82, 2.24) is 0 Å². The maximum atomic E-state index is 9.29. The van der Waals surface area contributed by atoms with Gasteiger partial charge in [-0.1, -0.05) is 0 Å². The molecule has 0 saturated carbocycles. The van der Waals surface area contributed by atoms with Gasteiger partial charge in [0.25, 0.3) is 0 Å². The first kappa shape index (κ1) is 9.53. The molecule has 0 unspecified atom stereocenters. The van der Waals surface area contributed by atoms with Crippen molar-refractivity contribution in [2.75, 3.05) is 0 Å². The predicted octanol–water partition coefficient (Wildman–Crippen LogP) is 2.06. The van der Waals surface area contributed by atoms with Crippen LogP contribution in [0.25, 0.3) is 0 Å². The summed E-state index contributed by atoms with van der Waals surface area (Å²) in [4.78, 5) is 0. The van der Waals surface area contributed by atoms with Gasteiger partial charge in [0.1, 0.15) is 5.75 Å². The molecular weight excluding hydrogens is 368 g/mol. The van der Waals surface area contributed by atoms with Gasteiger partial charge in [0, 0.05) is 10.1 Å². The van der Waals surface area contributed by atoms with Crippen LogP contribution in [0.5, 0.6) is 5.75 Å². The third-order valence-corrected chi connectivity index (χ3v) is 3.58. The van der Waals surface area contributed by atoms with E-state index in [1.54, 1.807) is 6.07 Å². The fraction of sp³-hybridized carbons (Fsp3) is 0.143. The highest BCUT2D eigenvalue weighted by Gasteiger charge is 2.06. The highest BCUT2D eigenvalue weighted by Crippen LogP contribution is 2.26. The minimum absolute atomic E-state index is 0.312. The highest BCUT2D eigenvalue weighted by atomic mass is 127. The molecule has 1 aromatic rings. The SMILES string of the molecule is NCc1c(I)ccc(O)c1I. The van der Waals surface area contributed by atoms with E-state index in [9.17, 15) is 5.11 Å². The van der Waals surface area contributed by atoms with Crippen molar-refractivity contribution in [2.45, 2.75) is 6.54 Å². The first-order valence-electron chi connectivity index (χ1n) is 3.02. The Morgan fingerprint density at radius 2 is 2.00 bits per heavy atom. The van der Waals surface area contributed by atoms with E-state index in [4.69, 9.17) is 5.73 Å². The van der Waals surface area contributed by atoms with E-state index in [0.717, 1.165) is 12.7 Å². The van der Waals surface area contributed by atoms with Gasteiger partial charge in [0.15, 0.2) is 0 Å².